The molecule has 0 spiro atoms. The van der Waals surface area contributed by atoms with E-state index in [2.05, 4.69) is 15.2 Å². The molecule has 0 aliphatic heterocycles. The van der Waals surface area contributed by atoms with Crippen LogP contribution in [0, 0.1) is 4.77 Å². The summed E-state index contributed by atoms with van der Waals surface area (Å²) in [5.41, 5.74) is 1.71. The molecule has 0 fully saturated rings. The van der Waals surface area contributed by atoms with Crippen molar-refractivity contribution >= 4 is 12.2 Å². The molecule has 4 nitrogen and oxygen atoms in total. The molecule has 1 N–H and O–H groups in total. The Hall–Kier alpha value is -1.75. The van der Waals surface area contributed by atoms with E-state index < -0.39 is 0 Å². The fraction of sp³-hybridized carbons (Fsp3) is 0.100. The van der Waals surface area contributed by atoms with E-state index in [1.165, 1.54) is 0 Å². The molecule has 2 aromatic rings. The number of methoxy groups -OCH3 is 1. The highest BCUT2D eigenvalue weighted by atomic mass is 32.1. The minimum Gasteiger partial charge on any atom is -0.497 e. The first-order chi connectivity index (χ1) is 7.29. The molecule has 1 aromatic carbocycles. The van der Waals surface area contributed by atoms with Gasteiger partial charge >= 0.3 is 0 Å². The number of H-pyrrole nitrogens is 1. The Morgan fingerprint density at radius 1 is 1.27 bits per heavy atom. The molecule has 0 unspecified atom stereocenters. The second-order valence-electron chi connectivity index (χ2n) is 2.90. The van der Waals surface area contributed by atoms with E-state index in [-0.39, 0.29) is 0 Å². The van der Waals surface area contributed by atoms with Crippen LogP contribution in [0.1, 0.15) is 0 Å². The number of nitrogens with zero attached hydrogens (tertiary/aromatic N) is 2. The first-order valence-corrected chi connectivity index (χ1v) is 4.76. The summed E-state index contributed by atoms with van der Waals surface area (Å²) in [7, 11) is 1.63. The van der Waals surface area contributed by atoms with Gasteiger partial charge in [0.15, 0.2) is 0 Å². The van der Waals surface area contributed by atoms with Crippen molar-refractivity contribution in [2.45, 2.75) is 0 Å². The fourth-order valence-corrected chi connectivity index (χ4v) is 1.36. The Labute approximate surface area is 92.0 Å². The Kier molecular flexibility index (Phi) is 2.73. The molecule has 1 heterocycles. The predicted molar refractivity (Wildman–Crippen MR) is 59.2 cm³/mol. The number of aromatic amines is 1. The van der Waals surface area contributed by atoms with Gasteiger partial charge in [-0.2, -0.15) is 5.10 Å². The number of nitrogens with one attached hydrogen (secondary N) is 1. The van der Waals surface area contributed by atoms with Crippen LogP contribution in [0.2, 0.25) is 0 Å². The first kappa shape index (κ1) is 9.79. The average molecular weight is 219 g/mol. The molecule has 2 rings (SSSR count). The zero-order chi connectivity index (χ0) is 10.7. The number of aromatic nitrogens is 3. The molecule has 0 saturated heterocycles. The molecule has 5 heteroatoms. The highest BCUT2D eigenvalue weighted by Crippen LogP contribution is 2.19. The molecule has 0 bridgehead atoms. The molecule has 1 aromatic heterocycles. The third kappa shape index (κ3) is 2.19. The number of hydrogen-bond donors (Lipinski definition) is 1. The third-order valence-electron chi connectivity index (χ3n) is 1.95. The van der Waals surface area contributed by atoms with Gasteiger partial charge in [0, 0.05) is 5.56 Å². The normalized spacial score (nSPS) is 9.93. The van der Waals surface area contributed by atoms with E-state index in [1.54, 1.807) is 13.3 Å². The van der Waals surface area contributed by atoms with Crippen molar-refractivity contribution in [3.05, 3.63) is 35.2 Å². The van der Waals surface area contributed by atoms with E-state index in [1.807, 2.05) is 24.3 Å². The molecule has 76 valence electrons. The first-order valence-electron chi connectivity index (χ1n) is 4.36. The third-order valence-corrected chi connectivity index (χ3v) is 2.14. The van der Waals surface area contributed by atoms with Gasteiger partial charge in [-0.1, -0.05) is 0 Å². The van der Waals surface area contributed by atoms with E-state index in [0.29, 0.717) is 4.77 Å². The summed E-state index contributed by atoms with van der Waals surface area (Å²) in [6, 6.07) is 7.57. The zero-order valence-electron chi connectivity index (χ0n) is 8.10. The van der Waals surface area contributed by atoms with Crippen molar-refractivity contribution in [1.82, 2.24) is 15.2 Å². The van der Waals surface area contributed by atoms with Gasteiger partial charge in [-0.05, 0) is 36.5 Å². The Morgan fingerprint density at radius 2 is 2.00 bits per heavy atom. The van der Waals surface area contributed by atoms with Crippen LogP contribution in [0.5, 0.6) is 5.75 Å². The van der Waals surface area contributed by atoms with Crippen molar-refractivity contribution in [2.24, 2.45) is 0 Å². The highest BCUT2D eigenvalue weighted by molar-refractivity contribution is 7.71. The Morgan fingerprint density at radius 3 is 2.60 bits per heavy atom. The second kappa shape index (κ2) is 4.18. The topological polar surface area (TPSA) is 50.8 Å². The van der Waals surface area contributed by atoms with Gasteiger partial charge in [-0.25, -0.2) is 4.98 Å². The molecule has 0 aliphatic carbocycles. The summed E-state index contributed by atoms with van der Waals surface area (Å²) in [4.78, 5) is 4.15. The molecule has 15 heavy (non-hydrogen) atoms. The maximum absolute atomic E-state index is 5.07. The van der Waals surface area contributed by atoms with E-state index in [0.717, 1.165) is 17.0 Å². The van der Waals surface area contributed by atoms with Crippen molar-refractivity contribution in [2.75, 3.05) is 7.11 Å². The summed E-state index contributed by atoms with van der Waals surface area (Å²) < 4.78 is 5.44. The zero-order valence-corrected chi connectivity index (χ0v) is 8.91. The maximum atomic E-state index is 5.07. The van der Waals surface area contributed by atoms with E-state index >= 15 is 0 Å². The summed E-state index contributed by atoms with van der Waals surface area (Å²) in [5, 5.41) is 6.47. The smallest absolute Gasteiger partial charge is 0.214 e. The molecule has 0 atom stereocenters. The van der Waals surface area contributed by atoms with Crippen LogP contribution in [0.3, 0.4) is 0 Å². The largest absolute Gasteiger partial charge is 0.497 e. The minimum atomic E-state index is 0.378. The summed E-state index contributed by atoms with van der Waals surface area (Å²) >= 11 is 4.89. The van der Waals surface area contributed by atoms with Crippen molar-refractivity contribution in [1.29, 1.82) is 0 Å². The molecular weight excluding hydrogens is 210 g/mol. The maximum Gasteiger partial charge on any atom is 0.214 e. The summed E-state index contributed by atoms with van der Waals surface area (Å²) in [6.07, 6.45) is 1.64. The number of hydrogen-bond acceptors (Lipinski definition) is 4. The van der Waals surface area contributed by atoms with Gasteiger partial charge < -0.3 is 4.74 Å². The van der Waals surface area contributed by atoms with Gasteiger partial charge in [0.1, 0.15) is 5.75 Å². The second-order valence-corrected chi connectivity index (χ2v) is 3.29. The van der Waals surface area contributed by atoms with Crippen LogP contribution in [0.4, 0.5) is 0 Å². The standard InChI is InChI=1S/C10H9N3OS/c1-14-8-4-2-7(3-5-8)9-6-11-13-10(15)12-9/h2-6H,1H3,(H,12,13,15). The van der Waals surface area contributed by atoms with E-state index in [4.69, 9.17) is 17.0 Å². The molecule has 0 aliphatic rings. The predicted octanol–water partition coefficient (Wildman–Crippen LogP) is 2.21. The van der Waals surface area contributed by atoms with Crippen LogP contribution >= 0.6 is 12.2 Å². The lowest BCUT2D eigenvalue weighted by molar-refractivity contribution is 0.415. The quantitative estimate of drug-likeness (QED) is 0.787. The van der Waals surface area contributed by atoms with Crippen molar-refractivity contribution in [3.63, 3.8) is 0 Å². The van der Waals surface area contributed by atoms with Gasteiger partial charge in [0.2, 0.25) is 4.77 Å². The number of rotatable bonds is 2. The Bertz CT molecular complexity index is 507. The van der Waals surface area contributed by atoms with Crippen molar-refractivity contribution < 1.29 is 4.74 Å². The lowest BCUT2D eigenvalue weighted by Gasteiger charge is -2.01. The summed E-state index contributed by atoms with van der Waals surface area (Å²) in [6.45, 7) is 0. The van der Waals surface area contributed by atoms with Crippen LogP contribution in [-0.2, 0) is 0 Å². The van der Waals surface area contributed by atoms with E-state index in [9.17, 15) is 0 Å². The number of benzene rings is 1. The minimum absolute atomic E-state index is 0.378. The molecular formula is C10H9N3OS. The molecule has 0 saturated carbocycles. The van der Waals surface area contributed by atoms with Gasteiger partial charge in [-0.3, -0.25) is 5.10 Å². The van der Waals surface area contributed by atoms with Crippen LogP contribution in [-0.4, -0.2) is 22.3 Å². The number of ether oxygens (including phenoxy) is 1. The SMILES string of the molecule is COc1ccc(-c2cn[nH]c(=S)n2)cc1. The highest BCUT2D eigenvalue weighted by Gasteiger charge is 1.99. The van der Waals surface area contributed by atoms with Crippen molar-refractivity contribution in [3.8, 4) is 17.0 Å². The molecule has 0 amide bonds. The van der Waals surface area contributed by atoms with Crippen LogP contribution in [0.15, 0.2) is 30.5 Å². The Balaban J connectivity index is 2.41. The van der Waals surface area contributed by atoms with Crippen LogP contribution in [0.25, 0.3) is 11.3 Å². The van der Waals surface area contributed by atoms with Crippen LogP contribution < -0.4 is 4.74 Å². The molecule has 0 radical (unpaired) electrons. The van der Waals surface area contributed by atoms with Gasteiger partial charge in [0.05, 0.1) is 19.0 Å². The summed E-state index contributed by atoms with van der Waals surface area (Å²) in [5.74, 6) is 0.813. The fourth-order valence-electron chi connectivity index (χ4n) is 1.21. The average Bonchev–Trinajstić information content (AvgIpc) is 2.29. The lowest BCUT2D eigenvalue weighted by atomic mass is 10.1. The monoisotopic (exact) mass is 219 g/mol. The van der Waals surface area contributed by atoms with Gasteiger partial charge in [-0.15, -0.1) is 0 Å². The lowest BCUT2D eigenvalue weighted by Crippen LogP contribution is -1.90. The van der Waals surface area contributed by atoms with Gasteiger partial charge in [0.25, 0.3) is 0 Å².